The first kappa shape index (κ1) is 8.48. The highest BCUT2D eigenvalue weighted by molar-refractivity contribution is 5.35. The quantitative estimate of drug-likeness (QED) is 0.760. The van der Waals surface area contributed by atoms with E-state index < -0.39 is 0 Å². The molecule has 0 unspecified atom stereocenters. The molecular formula is C11H17N3. The average molecular weight is 191 g/mol. The van der Waals surface area contributed by atoms with Crippen LogP contribution < -0.4 is 5.73 Å². The first-order valence-electron chi connectivity index (χ1n) is 5.67. The fourth-order valence-corrected chi connectivity index (χ4v) is 2.20. The monoisotopic (exact) mass is 191 g/mol. The zero-order valence-corrected chi connectivity index (χ0v) is 8.42. The smallest absolute Gasteiger partial charge is 0.0688 e. The minimum absolute atomic E-state index is 0.749. The Labute approximate surface area is 84.1 Å². The van der Waals surface area contributed by atoms with Gasteiger partial charge in [0.25, 0.3) is 0 Å². The molecule has 1 aromatic rings. The molecule has 3 nitrogen and oxygen atoms in total. The van der Waals surface area contributed by atoms with E-state index in [1.807, 2.05) is 0 Å². The second kappa shape index (κ2) is 3.09. The van der Waals surface area contributed by atoms with Crippen molar-refractivity contribution in [2.75, 3.05) is 6.54 Å². The van der Waals surface area contributed by atoms with Crippen LogP contribution in [0.4, 0.5) is 0 Å². The maximum absolute atomic E-state index is 5.66. The Balaban J connectivity index is 1.93. The second-order valence-corrected chi connectivity index (χ2v) is 4.59. The fraction of sp³-hybridized carbons (Fsp3) is 0.727. The lowest BCUT2D eigenvalue weighted by atomic mass is 10.0. The van der Waals surface area contributed by atoms with Gasteiger partial charge < -0.3 is 5.73 Å². The molecule has 14 heavy (non-hydrogen) atoms. The Morgan fingerprint density at radius 2 is 1.93 bits per heavy atom. The van der Waals surface area contributed by atoms with Crippen molar-refractivity contribution in [1.82, 2.24) is 10.2 Å². The Hall–Kier alpha value is -0.830. The van der Waals surface area contributed by atoms with Gasteiger partial charge >= 0.3 is 0 Å². The highest BCUT2D eigenvalue weighted by Gasteiger charge is 2.34. The zero-order valence-electron chi connectivity index (χ0n) is 8.42. The normalized spacial score (nSPS) is 21.5. The standard InChI is InChI=1S/C11H17N3/c12-6-5-9-10(7-1-2-7)13-14-11(9)8-3-4-8/h7-8H,1-6,12H2,(H,13,14). The second-order valence-electron chi connectivity index (χ2n) is 4.59. The van der Waals surface area contributed by atoms with Crippen LogP contribution in [0.3, 0.4) is 0 Å². The van der Waals surface area contributed by atoms with Crippen molar-refractivity contribution in [2.45, 2.75) is 43.9 Å². The molecule has 2 saturated carbocycles. The van der Waals surface area contributed by atoms with Crippen molar-refractivity contribution in [3.8, 4) is 0 Å². The number of nitrogens with zero attached hydrogens (tertiary/aromatic N) is 1. The third-order valence-electron chi connectivity index (χ3n) is 3.28. The van der Waals surface area contributed by atoms with E-state index in [-0.39, 0.29) is 0 Å². The van der Waals surface area contributed by atoms with Crippen molar-refractivity contribution < 1.29 is 0 Å². The molecule has 3 N–H and O–H groups in total. The van der Waals surface area contributed by atoms with Crippen LogP contribution in [-0.2, 0) is 6.42 Å². The zero-order chi connectivity index (χ0) is 9.54. The number of rotatable bonds is 4. The number of nitrogens with one attached hydrogen (secondary N) is 1. The van der Waals surface area contributed by atoms with Crippen LogP contribution in [0.2, 0.25) is 0 Å². The van der Waals surface area contributed by atoms with Gasteiger partial charge in [-0.3, -0.25) is 5.10 Å². The van der Waals surface area contributed by atoms with Crippen molar-refractivity contribution in [1.29, 1.82) is 0 Å². The minimum Gasteiger partial charge on any atom is -0.330 e. The van der Waals surface area contributed by atoms with Crippen LogP contribution >= 0.6 is 0 Å². The Kier molecular flexibility index (Phi) is 1.87. The molecule has 0 atom stereocenters. The van der Waals surface area contributed by atoms with Crippen molar-refractivity contribution in [3.05, 3.63) is 17.0 Å². The predicted molar refractivity (Wildman–Crippen MR) is 55.3 cm³/mol. The molecule has 0 amide bonds. The lowest BCUT2D eigenvalue weighted by Gasteiger charge is -2.02. The van der Waals surface area contributed by atoms with Gasteiger partial charge in [-0.05, 0) is 44.2 Å². The van der Waals surface area contributed by atoms with Gasteiger partial charge in [-0.15, -0.1) is 0 Å². The van der Waals surface area contributed by atoms with Gasteiger partial charge in [0, 0.05) is 17.5 Å². The summed E-state index contributed by atoms with van der Waals surface area (Å²) in [5.41, 5.74) is 9.84. The summed E-state index contributed by atoms with van der Waals surface area (Å²) in [6, 6.07) is 0. The highest BCUT2D eigenvalue weighted by Crippen LogP contribution is 2.46. The summed E-state index contributed by atoms with van der Waals surface area (Å²) >= 11 is 0. The summed E-state index contributed by atoms with van der Waals surface area (Å²) in [6.07, 6.45) is 6.33. The molecule has 0 spiro atoms. The van der Waals surface area contributed by atoms with Crippen LogP contribution in [0.1, 0.15) is 54.5 Å². The van der Waals surface area contributed by atoms with Gasteiger partial charge in [-0.2, -0.15) is 5.10 Å². The van der Waals surface area contributed by atoms with E-state index in [0.717, 1.165) is 24.8 Å². The molecule has 2 aliphatic rings. The van der Waals surface area contributed by atoms with Gasteiger partial charge in [0.05, 0.1) is 5.69 Å². The molecule has 0 bridgehead atoms. The molecule has 0 saturated heterocycles. The number of H-pyrrole nitrogens is 1. The van der Waals surface area contributed by atoms with E-state index in [4.69, 9.17) is 5.73 Å². The summed E-state index contributed by atoms with van der Waals surface area (Å²) in [5.74, 6) is 1.52. The number of aromatic nitrogens is 2. The maximum atomic E-state index is 5.66. The topological polar surface area (TPSA) is 54.7 Å². The van der Waals surface area contributed by atoms with E-state index in [9.17, 15) is 0 Å². The molecule has 1 heterocycles. The number of aromatic amines is 1. The maximum Gasteiger partial charge on any atom is 0.0688 e. The summed E-state index contributed by atoms with van der Waals surface area (Å²) in [6.45, 7) is 0.749. The molecule has 76 valence electrons. The van der Waals surface area contributed by atoms with E-state index in [1.54, 1.807) is 0 Å². The summed E-state index contributed by atoms with van der Waals surface area (Å²) in [5, 5.41) is 7.71. The third kappa shape index (κ3) is 1.36. The molecule has 3 heteroatoms. The van der Waals surface area contributed by atoms with E-state index >= 15 is 0 Å². The van der Waals surface area contributed by atoms with Crippen LogP contribution in [-0.4, -0.2) is 16.7 Å². The largest absolute Gasteiger partial charge is 0.330 e. The van der Waals surface area contributed by atoms with Crippen LogP contribution in [0.5, 0.6) is 0 Å². The van der Waals surface area contributed by atoms with Gasteiger partial charge in [0.1, 0.15) is 0 Å². The summed E-state index contributed by atoms with van der Waals surface area (Å²) < 4.78 is 0. The van der Waals surface area contributed by atoms with Gasteiger partial charge in [0.2, 0.25) is 0 Å². The predicted octanol–water partition coefficient (Wildman–Crippen LogP) is 1.67. The van der Waals surface area contributed by atoms with Crippen molar-refractivity contribution >= 4 is 0 Å². The minimum atomic E-state index is 0.749. The van der Waals surface area contributed by atoms with Crippen LogP contribution in [0.25, 0.3) is 0 Å². The lowest BCUT2D eigenvalue weighted by Crippen LogP contribution is -2.05. The number of nitrogens with two attached hydrogens (primary N) is 1. The molecule has 1 aromatic heterocycles. The first-order valence-corrected chi connectivity index (χ1v) is 5.67. The molecule has 2 fully saturated rings. The van der Waals surface area contributed by atoms with E-state index in [0.29, 0.717) is 0 Å². The van der Waals surface area contributed by atoms with Gasteiger partial charge in [-0.1, -0.05) is 0 Å². The van der Waals surface area contributed by atoms with Crippen LogP contribution in [0.15, 0.2) is 0 Å². The average Bonchev–Trinajstić information content (AvgIpc) is 3.08. The third-order valence-corrected chi connectivity index (χ3v) is 3.28. The van der Waals surface area contributed by atoms with E-state index in [1.165, 1.54) is 42.6 Å². The highest BCUT2D eigenvalue weighted by atomic mass is 15.1. The van der Waals surface area contributed by atoms with Gasteiger partial charge in [0.15, 0.2) is 0 Å². The molecule has 0 radical (unpaired) electrons. The lowest BCUT2D eigenvalue weighted by molar-refractivity contribution is 0.908. The Morgan fingerprint density at radius 3 is 2.50 bits per heavy atom. The molecular weight excluding hydrogens is 174 g/mol. The van der Waals surface area contributed by atoms with Crippen molar-refractivity contribution in [3.63, 3.8) is 0 Å². The Morgan fingerprint density at radius 1 is 1.21 bits per heavy atom. The van der Waals surface area contributed by atoms with Crippen molar-refractivity contribution in [2.24, 2.45) is 5.73 Å². The molecule has 0 aromatic carbocycles. The SMILES string of the molecule is NCCc1c(C2CC2)n[nH]c1C1CC1. The van der Waals surface area contributed by atoms with E-state index in [2.05, 4.69) is 10.2 Å². The summed E-state index contributed by atoms with van der Waals surface area (Å²) in [4.78, 5) is 0. The Bertz CT molecular complexity index is 305. The molecule has 0 aliphatic heterocycles. The summed E-state index contributed by atoms with van der Waals surface area (Å²) in [7, 11) is 0. The number of hydrogen-bond acceptors (Lipinski definition) is 2. The molecule has 3 rings (SSSR count). The molecule has 2 aliphatic carbocycles. The fourth-order valence-electron chi connectivity index (χ4n) is 2.20. The number of hydrogen-bond donors (Lipinski definition) is 2. The van der Waals surface area contributed by atoms with Gasteiger partial charge in [-0.25, -0.2) is 0 Å². The van der Waals surface area contributed by atoms with Crippen LogP contribution in [0, 0.1) is 0 Å². The first-order chi connectivity index (χ1) is 6.90.